The minimum Gasteiger partial charge on any atom is -0.508 e. The summed E-state index contributed by atoms with van der Waals surface area (Å²) in [6.45, 7) is 7.00. The van der Waals surface area contributed by atoms with E-state index in [2.05, 4.69) is 18.7 Å². The second-order valence-corrected chi connectivity index (χ2v) is 5.51. The van der Waals surface area contributed by atoms with E-state index in [0.29, 0.717) is 11.8 Å². The van der Waals surface area contributed by atoms with Gasteiger partial charge in [0.1, 0.15) is 5.75 Å². The molecule has 1 aromatic carbocycles. The predicted molar refractivity (Wildman–Crippen MR) is 75.7 cm³/mol. The highest BCUT2D eigenvalue weighted by atomic mass is 16.3. The van der Waals surface area contributed by atoms with Gasteiger partial charge in [-0.25, -0.2) is 0 Å². The maximum absolute atomic E-state index is 9.35. The van der Waals surface area contributed by atoms with Gasteiger partial charge < -0.3 is 5.11 Å². The summed E-state index contributed by atoms with van der Waals surface area (Å²) in [5.74, 6) is 1.27. The Morgan fingerprint density at radius 2 is 1.94 bits per heavy atom. The van der Waals surface area contributed by atoms with Crippen LogP contribution in [0.15, 0.2) is 24.3 Å². The number of nitrogens with zero attached hydrogens (tertiary/aromatic N) is 1. The molecular weight excluding hydrogens is 222 g/mol. The van der Waals surface area contributed by atoms with Gasteiger partial charge in [0.25, 0.3) is 0 Å². The molecule has 18 heavy (non-hydrogen) atoms. The monoisotopic (exact) mass is 247 g/mol. The normalized spacial score (nSPS) is 23.6. The van der Waals surface area contributed by atoms with E-state index in [0.717, 1.165) is 5.92 Å². The van der Waals surface area contributed by atoms with Gasteiger partial charge in [-0.2, -0.15) is 0 Å². The van der Waals surface area contributed by atoms with Gasteiger partial charge in [-0.1, -0.05) is 25.5 Å². The van der Waals surface area contributed by atoms with Crippen LogP contribution in [-0.4, -0.2) is 23.1 Å². The van der Waals surface area contributed by atoms with Crippen molar-refractivity contribution in [3.05, 3.63) is 29.8 Å². The largest absolute Gasteiger partial charge is 0.508 e. The Morgan fingerprint density at radius 1 is 1.22 bits per heavy atom. The third-order valence-electron chi connectivity index (χ3n) is 4.38. The van der Waals surface area contributed by atoms with Crippen LogP contribution in [0.3, 0.4) is 0 Å². The third kappa shape index (κ3) is 3.26. The van der Waals surface area contributed by atoms with Crippen molar-refractivity contribution in [3.63, 3.8) is 0 Å². The number of hydrogen-bond donors (Lipinski definition) is 1. The lowest BCUT2D eigenvalue weighted by Crippen LogP contribution is -2.28. The standard InChI is InChI=1S/C16H25NO/c1-3-14-5-4-11-17(12-10-14)13(2)15-6-8-16(18)9-7-15/h6-9,13-14,18H,3-5,10-12H2,1-2H3. The van der Waals surface area contributed by atoms with Gasteiger partial charge in [0.15, 0.2) is 0 Å². The molecule has 2 nitrogen and oxygen atoms in total. The van der Waals surface area contributed by atoms with E-state index >= 15 is 0 Å². The highest BCUT2D eigenvalue weighted by Crippen LogP contribution is 2.27. The van der Waals surface area contributed by atoms with Crippen LogP contribution in [-0.2, 0) is 0 Å². The Bertz CT molecular complexity index is 360. The molecule has 0 amide bonds. The van der Waals surface area contributed by atoms with Crippen LogP contribution in [0.2, 0.25) is 0 Å². The number of likely N-dealkylation sites (tertiary alicyclic amines) is 1. The lowest BCUT2D eigenvalue weighted by Gasteiger charge is -2.28. The topological polar surface area (TPSA) is 23.5 Å². The second-order valence-electron chi connectivity index (χ2n) is 5.51. The molecule has 1 aliphatic rings. The van der Waals surface area contributed by atoms with Gasteiger partial charge >= 0.3 is 0 Å². The van der Waals surface area contributed by atoms with Gasteiger partial charge in [0.2, 0.25) is 0 Å². The second kappa shape index (κ2) is 6.24. The molecule has 0 saturated carbocycles. The number of rotatable bonds is 3. The lowest BCUT2D eigenvalue weighted by molar-refractivity contribution is 0.216. The lowest BCUT2D eigenvalue weighted by atomic mass is 9.98. The van der Waals surface area contributed by atoms with E-state index in [1.807, 2.05) is 12.1 Å². The molecule has 1 aliphatic heterocycles. The SMILES string of the molecule is CCC1CCCN(C(C)c2ccc(O)cc2)CC1. The van der Waals surface area contributed by atoms with Gasteiger partial charge in [-0.05, 0) is 62.9 Å². The molecule has 100 valence electrons. The molecule has 2 rings (SSSR count). The predicted octanol–water partition coefficient (Wildman–Crippen LogP) is 3.97. The molecule has 2 heteroatoms. The van der Waals surface area contributed by atoms with Crippen molar-refractivity contribution in [2.45, 2.75) is 45.6 Å². The molecule has 1 saturated heterocycles. The van der Waals surface area contributed by atoms with Crippen molar-refractivity contribution in [2.24, 2.45) is 5.92 Å². The average molecular weight is 247 g/mol. The van der Waals surface area contributed by atoms with E-state index in [1.54, 1.807) is 12.1 Å². The molecule has 1 fully saturated rings. The fraction of sp³-hybridized carbons (Fsp3) is 0.625. The fourth-order valence-corrected chi connectivity index (χ4v) is 2.95. The van der Waals surface area contributed by atoms with Crippen molar-refractivity contribution in [1.29, 1.82) is 0 Å². The first-order chi connectivity index (χ1) is 8.70. The molecule has 0 aliphatic carbocycles. The summed E-state index contributed by atoms with van der Waals surface area (Å²) in [7, 11) is 0. The summed E-state index contributed by atoms with van der Waals surface area (Å²) in [6.07, 6.45) is 5.36. The van der Waals surface area contributed by atoms with E-state index in [9.17, 15) is 5.11 Å². The highest BCUT2D eigenvalue weighted by Gasteiger charge is 2.20. The molecule has 2 unspecified atom stereocenters. The first kappa shape index (κ1) is 13.4. The number of phenols is 1. The van der Waals surface area contributed by atoms with E-state index in [4.69, 9.17) is 0 Å². The summed E-state index contributed by atoms with van der Waals surface area (Å²) in [6, 6.07) is 8.13. The van der Waals surface area contributed by atoms with E-state index < -0.39 is 0 Å². The van der Waals surface area contributed by atoms with Crippen LogP contribution >= 0.6 is 0 Å². The van der Waals surface area contributed by atoms with Crippen LogP contribution in [0.25, 0.3) is 0 Å². The summed E-state index contributed by atoms with van der Waals surface area (Å²) < 4.78 is 0. The Balaban J connectivity index is 2.00. The Hall–Kier alpha value is -1.02. The quantitative estimate of drug-likeness (QED) is 0.873. The molecule has 1 aromatic rings. The maximum Gasteiger partial charge on any atom is 0.115 e. The Morgan fingerprint density at radius 3 is 2.61 bits per heavy atom. The zero-order valence-corrected chi connectivity index (χ0v) is 11.6. The van der Waals surface area contributed by atoms with Crippen LogP contribution in [0.4, 0.5) is 0 Å². The molecule has 1 heterocycles. The maximum atomic E-state index is 9.35. The first-order valence-electron chi connectivity index (χ1n) is 7.23. The molecule has 2 atom stereocenters. The van der Waals surface area contributed by atoms with Gasteiger partial charge in [0, 0.05) is 6.04 Å². The molecule has 0 radical (unpaired) electrons. The van der Waals surface area contributed by atoms with Gasteiger partial charge in [-0.15, -0.1) is 0 Å². The molecule has 0 aromatic heterocycles. The van der Waals surface area contributed by atoms with Crippen molar-refractivity contribution in [3.8, 4) is 5.75 Å². The average Bonchev–Trinajstić information content (AvgIpc) is 2.64. The van der Waals surface area contributed by atoms with Crippen LogP contribution in [0.1, 0.15) is 51.1 Å². The van der Waals surface area contributed by atoms with Gasteiger partial charge in [-0.3, -0.25) is 4.90 Å². The zero-order chi connectivity index (χ0) is 13.0. The zero-order valence-electron chi connectivity index (χ0n) is 11.6. The van der Waals surface area contributed by atoms with Crippen LogP contribution in [0, 0.1) is 5.92 Å². The van der Waals surface area contributed by atoms with Gasteiger partial charge in [0.05, 0.1) is 0 Å². The summed E-state index contributed by atoms with van der Waals surface area (Å²) in [5, 5.41) is 9.35. The first-order valence-corrected chi connectivity index (χ1v) is 7.23. The minimum absolute atomic E-state index is 0.355. The van der Waals surface area contributed by atoms with Crippen molar-refractivity contribution < 1.29 is 5.11 Å². The van der Waals surface area contributed by atoms with Crippen LogP contribution in [0.5, 0.6) is 5.75 Å². The fourth-order valence-electron chi connectivity index (χ4n) is 2.95. The summed E-state index contributed by atoms with van der Waals surface area (Å²) >= 11 is 0. The Labute approximate surface area is 111 Å². The minimum atomic E-state index is 0.355. The molecule has 0 spiro atoms. The van der Waals surface area contributed by atoms with E-state index in [-0.39, 0.29) is 0 Å². The highest BCUT2D eigenvalue weighted by molar-refractivity contribution is 5.27. The summed E-state index contributed by atoms with van der Waals surface area (Å²) in [4.78, 5) is 2.59. The number of aromatic hydroxyl groups is 1. The molecule has 1 N–H and O–H groups in total. The molecular formula is C16H25NO. The molecule has 0 bridgehead atoms. The van der Waals surface area contributed by atoms with Crippen molar-refractivity contribution in [1.82, 2.24) is 4.90 Å². The number of hydrogen-bond acceptors (Lipinski definition) is 2. The van der Waals surface area contributed by atoms with E-state index in [1.165, 1.54) is 44.3 Å². The summed E-state index contributed by atoms with van der Waals surface area (Å²) in [5.41, 5.74) is 1.31. The number of benzene rings is 1. The third-order valence-corrected chi connectivity index (χ3v) is 4.38. The Kier molecular flexibility index (Phi) is 4.65. The van der Waals surface area contributed by atoms with Crippen molar-refractivity contribution >= 4 is 0 Å². The van der Waals surface area contributed by atoms with Crippen molar-refractivity contribution in [2.75, 3.05) is 13.1 Å². The number of phenolic OH excluding ortho intramolecular Hbond substituents is 1. The van der Waals surface area contributed by atoms with Crippen LogP contribution < -0.4 is 0 Å². The smallest absolute Gasteiger partial charge is 0.115 e.